The van der Waals surface area contributed by atoms with Crippen LogP contribution in [0.3, 0.4) is 0 Å². The van der Waals surface area contributed by atoms with Crippen molar-refractivity contribution < 1.29 is 14.3 Å². The van der Waals surface area contributed by atoms with E-state index in [-0.39, 0.29) is 5.60 Å². The van der Waals surface area contributed by atoms with E-state index in [1.807, 2.05) is 18.2 Å². The van der Waals surface area contributed by atoms with Gasteiger partial charge in [0.15, 0.2) is 0 Å². The first-order valence-corrected chi connectivity index (χ1v) is 6.55. The van der Waals surface area contributed by atoms with E-state index in [9.17, 15) is 5.11 Å². The smallest absolute Gasteiger partial charge is 0.129 e. The van der Waals surface area contributed by atoms with Gasteiger partial charge in [-0.25, -0.2) is 0 Å². The van der Waals surface area contributed by atoms with Crippen molar-refractivity contribution in [2.24, 2.45) is 0 Å². The molecule has 2 heterocycles. The third-order valence-electron chi connectivity index (χ3n) is 3.49. The Morgan fingerprint density at radius 1 is 1.32 bits per heavy atom. The molecule has 0 aliphatic carbocycles. The highest BCUT2D eigenvalue weighted by Gasteiger charge is 2.32. The van der Waals surface area contributed by atoms with Gasteiger partial charge in [0.2, 0.25) is 0 Å². The fourth-order valence-electron chi connectivity index (χ4n) is 2.64. The molecular formula is C16H18O3. The molecule has 0 fully saturated rings. The number of furan rings is 1. The van der Waals surface area contributed by atoms with Crippen molar-refractivity contribution in [3.63, 3.8) is 0 Å². The molecule has 1 aromatic carbocycles. The van der Waals surface area contributed by atoms with Gasteiger partial charge in [-0.1, -0.05) is 18.2 Å². The Hall–Kier alpha value is -1.74. The van der Waals surface area contributed by atoms with Crippen molar-refractivity contribution in [3.05, 3.63) is 53.5 Å². The van der Waals surface area contributed by atoms with Crippen molar-refractivity contribution in [2.75, 3.05) is 0 Å². The van der Waals surface area contributed by atoms with E-state index in [1.165, 1.54) is 5.56 Å². The number of hydrogen-bond acceptors (Lipinski definition) is 3. The molecule has 1 aromatic heterocycles. The van der Waals surface area contributed by atoms with Gasteiger partial charge in [-0.15, -0.1) is 0 Å². The normalized spacial score (nSPS) is 17.8. The number of hydrogen-bond donors (Lipinski definition) is 1. The minimum absolute atomic E-state index is 0.187. The molecule has 0 bridgehead atoms. The molecule has 2 aromatic rings. The Labute approximate surface area is 112 Å². The largest absolute Gasteiger partial charge is 0.487 e. The van der Waals surface area contributed by atoms with Gasteiger partial charge in [-0.3, -0.25) is 0 Å². The van der Waals surface area contributed by atoms with Crippen LogP contribution in [0.1, 0.15) is 36.6 Å². The fraction of sp³-hybridized carbons (Fsp3) is 0.375. The molecule has 3 heteroatoms. The minimum atomic E-state index is -0.568. The molecule has 1 aliphatic heterocycles. The van der Waals surface area contributed by atoms with Crippen molar-refractivity contribution in [1.29, 1.82) is 0 Å². The highest BCUT2D eigenvalue weighted by atomic mass is 16.5. The van der Waals surface area contributed by atoms with Crippen LogP contribution < -0.4 is 4.74 Å². The first-order valence-electron chi connectivity index (χ1n) is 6.55. The van der Waals surface area contributed by atoms with Crippen molar-refractivity contribution in [2.45, 2.75) is 38.4 Å². The molecule has 0 radical (unpaired) electrons. The van der Waals surface area contributed by atoms with Gasteiger partial charge in [-0.2, -0.15) is 0 Å². The quantitative estimate of drug-likeness (QED) is 0.918. The second kappa shape index (κ2) is 4.42. The highest BCUT2D eigenvalue weighted by molar-refractivity contribution is 5.47. The number of fused-ring (bicyclic) bond motifs is 1. The zero-order chi connectivity index (χ0) is 13.5. The summed E-state index contributed by atoms with van der Waals surface area (Å²) in [4.78, 5) is 0. The van der Waals surface area contributed by atoms with Crippen LogP contribution >= 0.6 is 0 Å². The Morgan fingerprint density at radius 2 is 2.16 bits per heavy atom. The van der Waals surface area contributed by atoms with E-state index >= 15 is 0 Å². The van der Waals surface area contributed by atoms with E-state index in [0.717, 1.165) is 23.3 Å². The van der Waals surface area contributed by atoms with Gasteiger partial charge in [-0.05, 0) is 31.0 Å². The number of rotatable bonds is 3. The van der Waals surface area contributed by atoms with Gasteiger partial charge in [0.05, 0.1) is 18.6 Å². The van der Waals surface area contributed by atoms with Gasteiger partial charge >= 0.3 is 0 Å². The maximum Gasteiger partial charge on any atom is 0.129 e. The summed E-state index contributed by atoms with van der Waals surface area (Å²) >= 11 is 0. The van der Waals surface area contributed by atoms with Crippen LogP contribution in [-0.4, -0.2) is 10.7 Å². The Bertz CT molecular complexity index is 570. The van der Waals surface area contributed by atoms with E-state index in [0.29, 0.717) is 6.42 Å². The summed E-state index contributed by atoms with van der Waals surface area (Å²) in [5, 5.41) is 10.4. The highest BCUT2D eigenvalue weighted by Crippen LogP contribution is 2.40. The van der Waals surface area contributed by atoms with Crippen LogP contribution in [0, 0.1) is 0 Å². The number of aliphatic hydroxyl groups is 1. The SMILES string of the molecule is CC1(C)Cc2cccc(C(O)Cc3ccoc3)c2O1. The lowest BCUT2D eigenvalue weighted by Crippen LogP contribution is -2.25. The monoisotopic (exact) mass is 258 g/mol. The predicted octanol–water partition coefficient (Wildman–Crippen LogP) is 3.27. The standard InChI is InChI=1S/C16H18O3/c1-16(2)9-12-4-3-5-13(15(12)19-16)14(17)8-11-6-7-18-10-11/h3-7,10,14,17H,8-9H2,1-2H3. The van der Waals surface area contributed by atoms with Crippen LogP contribution in [0.4, 0.5) is 0 Å². The average molecular weight is 258 g/mol. The fourth-order valence-corrected chi connectivity index (χ4v) is 2.64. The molecule has 19 heavy (non-hydrogen) atoms. The summed E-state index contributed by atoms with van der Waals surface area (Å²) in [5.74, 6) is 0.850. The molecule has 0 saturated carbocycles. The molecular weight excluding hydrogens is 240 g/mol. The lowest BCUT2D eigenvalue weighted by molar-refractivity contribution is 0.126. The van der Waals surface area contributed by atoms with E-state index in [2.05, 4.69) is 19.9 Å². The minimum Gasteiger partial charge on any atom is -0.487 e. The van der Waals surface area contributed by atoms with E-state index < -0.39 is 6.10 Å². The molecule has 3 nitrogen and oxygen atoms in total. The Balaban J connectivity index is 1.88. The van der Waals surface area contributed by atoms with Gasteiger partial charge in [0, 0.05) is 18.4 Å². The number of ether oxygens (including phenoxy) is 1. The van der Waals surface area contributed by atoms with Crippen LogP contribution in [-0.2, 0) is 12.8 Å². The maximum atomic E-state index is 10.4. The zero-order valence-electron chi connectivity index (χ0n) is 11.2. The van der Waals surface area contributed by atoms with Crippen molar-refractivity contribution >= 4 is 0 Å². The molecule has 0 amide bonds. The summed E-state index contributed by atoms with van der Waals surface area (Å²) in [7, 11) is 0. The summed E-state index contributed by atoms with van der Waals surface area (Å²) in [6.07, 6.45) is 4.14. The van der Waals surface area contributed by atoms with Gasteiger partial charge in [0.25, 0.3) is 0 Å². The van der Waals surface area contributed by atoms with E-state index in [4.69, 9.17) is 9.15 Å². The summed E-state index contributed by atoms with van der Waals surface area (Å²) in [6, 6.07) is 7.86. The van der Waals surface area contributed by atoms with Crippen LogP contribution in [0.15, 0.2) is 41.2 Å². The Kier molecular flexibility index (Phi) is 2.86. The first kappa shape index (κ1) is 12.3. The van der Waals surface area contributed by atoms with Crippen LogP contribution in [0.2, 0.25) is 0 Å². The lowest BCUT2D eigenvalue weighted by Gasteiger charge is -2.19. The molecule has 1 atom stereocenters. The van der Waals surface area contributed by atoms with Gasteiger partial charge in [0.1, 0.15) is 11.4 Å². The topological polar surface area (TPSA) is 42.6 Å². The summed E-state index contributed by atoms with van der Waals surface area (Å²) in [5.41, 5.74) is 2.84. The molecule has 1 aliphatic rings. The van der Waals surface area contributed by atoms with Crippen LogP contribution in [0.25, 0.3) is 0 Å². The van der Waals surface area contributed by atoms with Gasteiger partial charge < -0.3 is 14.3 Å². The van der Waals surface area contributed by atoms with Crippen molar-refractivity contribution in [1.82, 2.24) is 0 Å². The molecule has 0 saturated heterocycles. The second-order valence-electron chi connectivity index (χ2n) is 5.73. The summed E-state index contributed by atoms with van der Waals surface area (Å²) < 4.78 is 11.0. The van der Waals surface area contributed by atoms with Crippen LogP contribution in [0.5, 0.6) is 5.75 Å². The van der Waals surface area contributed by atoms with Crippen molar-refractivity contribution in [3.8, 4) is 5.75 Å². The second-order valence-corrected chi connectivity index (χ2v) is 5.73. The number of para-hydroxylation sites is 1. The molecule has 0 spiro atoms. The predicted molar refractivity (Wildman–Crippen MR) is 72.2 cm³/mol. The Morgan fingerprint density at radius 3 is 2.89 bits per heavy atom. The molecule has 3 rings (SSSR count). The first-order chi connectivity index (χ1) is 9.05. The third kappa shape index (κ3) is 2.38. The summed E-state index contributed by atoms with van der Waals surface area (Å²) in [6.45, 7) is 4.14. The molecule has 100 valence electrons. The average Bonchev–Trinajstić information content (AvgIpc) is 2.93. The molecule has 1 unspecified atom stereocenters. The molecule has 1 N–H and O–H groups in total. The maximum absolute atomic E-state index is 10.4. The zero-order valence-corrected chi connectivity index (χ0v) is 11.2. The number of benzene rings is 1. The number of aliphatic hydroxyl groups excluding tert-OH is 1. The van der Waals surface area contributed by atoms with E-state index in [1.54, 1.807) is 12.5 Å². The lowest BCUT2D eigenvalue weighted by atomic mass is 9.97. The third-order valence-corrected chi connectivity index (χ3v) is 3.49.